The van der Waals surface area contributed by atoms with E-state index in [0.29, 0.717) is 0 Å². The number of aromatic nitrogens is 1. The number of fused-ring (bicyclic) bond motifs is 1. The number of amides is 1. The quantitative estimate of drug-likeness (QED) is 0.732. The normalized spacial score (nSPS) is 10.4. The van der Waals surface area contributed by atoms with Crippen LogP contribution in [0.5, 0.6) is 0 Å². The smallest absolute Gasteiger partial charge is 0.322 e. The van der Waals surface area contributed by atoms with Gasteiger partial charge in [0.1, 0.15) is 6.54 Å². The second-order valence-electron chi connectivity index (χ2n) is 3.73. The van der Waals surface area contributed by atoms with Gasteiger partial charge in [-0.1, -0.05) is 18.2 Å². The van der Waals surface area contributed by atoms with Crippen LogP contribution in [0, 0.1) is 0 Å². The number of H-pyrrole nitrogens is 1. The van der Waals surface area contributed by atoms with Crippen molar-refractivity contribution in [3.63, 3.8) is 0 Å². The molecule has 0 aliphatic carbocycles. The van der Waals surface area contributed by atoms with Gasteiger partial charge in [0.2, 0.25) is 5.91 Å². The van der Waals surface area contributed by atoms with E-state index in [4.69, 9.17) is 5.11 Å². The van der Waals surface area contributed by atoms with E-state index in [0.717, 1.165) is 16.6 Å². The third-order valence-electron chi connectivity index (χ3n) is 2.37. The zero-order valence-corrected chi connectivity index (χ0v) is 9.06. The summed E-state index contributed by atoms with van der Waals surface area (Å²) in [7, 11) is 0. The number of nitrogens with one attached hydrogen (secondary N) is 2. The van der Waals surface area contributed by atoms with Crippen LogP contribution >= 0.6 is 0 Å². The van der Waals surface area contributed by atoms with Gasteiger partial charge in [-0.2, -0.15) is 0 Å². The first kappa shape index (κ1) is 11.2. The highest BCUT2D eigenvalue weighted by Crippen LogP contribution is 2.14. The Morgan fingerprint density at radius 1 is 1.29 bits per heavy atom. The van der Waals surface area contributed by atoms with E-state index < -0.39 is 5.97 Å². The molecule has 5 heteroatoms. The maximum Gasteiger partial charge on any atom is 0.322 e. The molecule has 0 radical (unpaired) electrons. The van der Waals surface area contributed by atoms with Gasteiger partial charge in [0.25, 0.3) is 0 Å². The average Bonchev–Trinajstić information content (AvgIpc) is 2.68. The lowest BCUT2D eigenvalue weighted by Crippen LogP contribution is -2.30. The van der Waals surface area contributed by atoms with Gasteiger partial charge in [0, 0.05) is 11.2 Å². The Labute approximate surface area is 97.4 Å². The number of hydrogen-bond donors (Lipinski definition) is 3. The molecule has 0 bridgehead atoms. The summed E-state index contributed by atoms with van der Waals surface area (Å²) in [6, 6.07) is 9.59. The van der Waals surface area contributed by atoms with E-state index in [-0.39, 0.29) is 18.9 Å². The number of rotatable bonds is 4. The number of carbonyl (C=O) groups is 2. The molecule has 17 heavy (non-hydrogen) atoms. The van der Waals surface area contributed by atoms with E-state index in [2.05, 4.69) is 10.3 Å². The zero-order valence-electron chi connectivity index (χ0n) is 9.06. The first-order valence-corrected chi connectivity index (χ1v) is 5.20. The number of carboxylic acid groups (broad SMARTS) is 1. The minimum atomic E-state index is -1.05. The molecule has 2 rings (SSSR count). The molecular formula is C12H12N2O3. The molecule has 0 atom stereocenters. The maximum atomic E-state index is 11.4. The van der Waals surface area contributed by atoms with Crippen LogP contribution in [0.2, 0.25) is 0 Å². The summed E-state index contributed by atoms with van der Waals surface area (Å²) >= 11 is 0. The van der Waals surface area contributed by atoms with Crippen LogP contribution in [-0.4, -0.2) is 28.5 Å². The van der Waals surface area contributed by atoms with Crippen LogP contribution in [0.15, 0.2) is 30.3 Å². The lowest BCUT2D eigenvalue weighted by molar-refractivity contribution is -0.137. The number of aliphatic carboxylic acids is 1. The van der Waals surface area contributed by atoms with Crippen LogP contribution in [0.1, 0.15) is 5.69 Å². The molecule has 2 aromatic rings. The average molecular weight is 232 g/mol. The Kier molecular flexibility index (Phi) is 3.09. The second kappa shape index (κ2) is 4.69. The highest BCUT2D eigenvalue weighted by atomic mass is 16.4. The number of benzene rings is 1. The van der Waals surface area contributed by atoms with Crippen molar-refractivity contribution in [3.8, 4) is 0 Å². The van der Waals surface area contributed by atoms with Crippen molar-refractivity contribution >= 4 is 22.8 Å². The molecule has 1 heterocycles. The van der Waals surface area contributed by atoms with Crippen molar-refractivity contribution in [2.24, 2.45) is 0 Å². The van der Waals surface area contributed by atoms with Gasteiger partial charge in [-0.25, -0.2) is 0 Å². The Hall–Kier alpha value is -2.30. The van der Waals surface area contributed by atoms with Crippen molar-refractivity contribution in [2.45, 2.75) is 6.42 Å². The van der Waals surface area contributed by atoms with E-state index in [1.54, 1.807) is 0 Å². The number of hydrogen-bond acceptors (Lipinski definition) is 2. The molecule has 1 amide bonds. The fourth-order valence-electron chi connectivity index (χ4n) is 1.64. The summed E-state index contributed by atoms with van der Waals surface area (Å²) in [5.74, 6) is -1.35. The lowest BCUT2D eigenvalue weighted by atomic mass is 10.2. The molecule has 3 N–H and O–H groups in total. The largest absolute Gasteiger partial charge is 0.480 e. The molecule has 0 saturated carbocycles. The topological polar surface area (TPSA) is 82.2 Å². The predicted molar refractivity (Wildman–Crippen MR) is 62.6 cm³/mol. The zero-order chi connectivity index (χ0) is 12.3. The van der Waals surface area contributed by atoms with Crippen LogP contribution in [0.4, 0.5) is 0 Å². The Morgan fingerprint density at radius 3 is 2.76 bits per heavy atom. The SMILES string of the molecule is O=C(O)CNC(=O)Cc1cc2ccccc2[nH]1. The van der Waals surface area contributed by atoms with Crippen molar-refractivity contribution < 1.29 is 14.7 Å². The van der Waals surface area contributed by atoms with E-state index >= 15 is 0 Å². The number of carbonyl (C=O) groups excluding carboxylic acids is 1. The molecule has 88 valence electrons. The maximum absolute atomic E-state index is 11.4. The van der Waals surface area contributed by atoms with Gasteiger partial charge in [-0.3, -0.25) is 9.59 Å². The standard InChI is InChI=1S/C12H12N2O3/c15-11(13-7-12(16)17)6-9-5-8-3-1-2-4-10(8)14-9/h1-5,14H,6-7H2,(H,13,15)(H,16,17). The Morgan fingerprint density at radius 2 is 2.06 bits per heavy atom. The Balaban J connectivity index is 2.03. The summed E-state index contributed by atoms with van der Waals surface area (Å²) in [6.07, 6.45) is 0.155. The van der Waals surface area contributed by atoms with Crippen molar-refractivity contribution in [1.29, 1.82) is 0 Å². The fourth-order valence-corrected chi connectivity index (χ4v) is 1.64. The monoisotopic (exact) mass is 232 g/mol. The first-order chi connectivity index (χ1) is 8.15. The number of carboxylic acids is 1. The summed E-state index contributed by atoms with van der Waals surface area (Å²) in [5.41, 5.74) is 1.74. The van der Waals surface area contributed by atoms with Gasteiger partial charge >= 0.3 is 5.97 Å². The van der Waals surface area contributed by atoms with E-state index in [1.807, 2.05) is 30.3 Å². The van der Waals surface area contributed by atoms with Gasteiger partial charge in [0.15, 0.2) is 0 Å². The molecule has 5 nitrogen and oxygen atoms in total. The molecule has 0 unspecified atom stereocenters. The molecule has 0 aliphatic heterocycles. The van der Waals surface area contributed by atoms with Gasteiger partial charge in [0.05, 0.1) is 6.42 Å². The lowest BCUT2D eigenvalue weighted by Gasteiger charge is -1.99. The van der Waals surface area contributed by atoms with Crippen molar-refractivity contribution in [2.75, 3.05) is 6.54 Å². The minimum absolute atomic E-state index is 0.155. The van der Waals surface area contributed by atoms with Crippen LogP contribution in [0.25, 0.3) is 10.9 Å². The molecular weight excluding hydrogens is 220 g/mol. The van der Waals surface area contributed by atoms with Gasteiger partial charge < -0.3 is 15.4 Å². The van der Waals surface area contributed by atoms with Gasteiger partial charge in [-0.15, -0.1) is 0 Å². The summed E-state index contributed by atoms with van der Waals surface area (Å²) in [5, 5.41) is 11.8. The highest BCUT2D eigenvalue weighted by molar-refractivity contribution is 5.85. The third kappa shape index (κ3) is 2.84. The van der Waals surface area contributed by atoms with Crippen LogP contribution < -0.4 is 5.32 Å². The number of aromatic amines is 1. The van der Waals surface area contributed by atoms with E-state index in [1.165, 1.54) is 0 Å². The molecule has 1 aromatic heterocycles. The summed E-state index contributed by atoms with van der Waals surface area (Å²) in [4.78, 5) is 24.8. The molecule has 0 aliphatic rings. The summed E-state index contributed by atoms with van der Waals surface area (Å²) < 4.78 is 0. The minimum Gasteiger partial charge on any atom is -0.480 e. The summed E-state index contributed by atoms with van der Waals surface area (Å²) in [6.45, 7) is -0.348. The van der Waals surface area contributed by atoms with Crippen molar-refractivity contribution in [3.05, 3.63) is 36.0 Å². The molecule has 0 spiro atoms. The van der Waals surface area contributed by atoms with Crippen LogP contribution in [0.3, 0.4) is 0 Å². The molecule has 0 saturated heterocycles. The second-order valence-corrected chi connectivity index (χ2v) is 3.73. The van der Waals surface area contributed by atoms with Gasteiger partial charge in [-0.05, 0) is 17.5 Å². The van der Waals surface area contributed by atoms with Crippen LogP contribution in [-0.2, 0) is 16.0 Å². The number of para-hydroxylation sites is 1. The van der Waals surface area contributed by atoms with Crippen molar-refractivity contribution in [1.82, 2.24) is 10.3 Å². The molecule has 1 aromatic carbocycles. The fraction of sp³-hybridized carbons (Fsp3) is 0.167. The first-order valence-electron chi connectivity index (χ1n) is 5.20. The highest BCUT2D eigenvalue weighted by Gasteiger charge is 2.07. The predicted octanol–water partition coefficient (Wildman–Crippen LogP) is 0.911. The van der Waals surface area contributed by atoms with E-state index in [9.17, 15) is 9.59 Å². The molecule has 0 fully saturated rings. The Bertz CT molecular complexity index is 527. The third-order valence-corrected chi connectivity index (χ3v) is 2.37.